The Bertz CT molecular complexity index is 174. The molecule has 0 aliphatic heterocycles. The van der Waals surface area contributed by atoms with E-state index in [0.717, 1.165) is 0 Å². The Morgan fingerprint density at radius 3 is 2.58 bits per heavy atom. The SMILES string of the molecule is NC(=O)NC1CCC(O)CC1O. The molecule has 0 aromatic heterocycles. The van der Waals surface area contributed by atoms with Crippen molar-refractivity contribution in [2.24, 2.45) is 5.73 Å². The number of primary amides is 1. The van der Waals surface area contributed by atoms with Gasteiger partial charge in [0.05, 0.1) is 18.2 Å². The van der Waals surface area contributed by atoms with E-state index in [0.29, 0.717) is 19.3 Å². The second-order valence-corrected chi connectivity index (χ2v) is 3.15. The van der Waals surface area contributed by atoms with Crippen LogP contribution in [-0.4, -0.2) is 34.5 Å². The van der Waals surface area contributed by atoms with E-state index in [1.807, 2.05) is 0 Å². The molecular weight excluding hydrogens is 160 g/mol. The van der Waals surface area contributed by atoms with E-state index < -0.39 is 18.2 Å². The lowest BCUT2D eigenvalue weighted by atomic mass is 9.90. The maximum atomic E-state index is 10.4. The third-order valence-electron chi connectivity index (χ3n) is 2.12. The summed E-state index contributed by atoms with van der Waals surface area (Å²) in [5.41, 5.74) is 4.90. The molecule has 0 heterocycles. The van der Waals surface area contributed by atoms with Gasteiger partial charge in [0.1, 0.15) is 0 Å². The van der Waals surface area contributed by atoms with Crippen LogP contribution in [0.3, 0.4) is 0 Å². The Balaban J connectivity index is 2.39. The topological polar surface area (TPSA) is 95.6 Å². The number of aliphatic hydroxyl groups is 2. The molecule has 5 nitrogen and oxygen atoms in total. The largest absolute Gasteiger partial charge is 0.393 e. The summed E-state index contributed by atoms with van der Waals surface area (Å²) in [6.07, 6.45) is 0.352. The summed E-state index contributed by atoms with van der Waals surface area (Å²) in [4.78, 5) is 10.4. The summed E-state index contributed by atoms with van der Waals surface area (Å²) in [6, 6.07) is -0.929. The van der Waals surface area contributed by atoms with Crippen LogP contribution in [0.1, 0.15) is 19.3 Å². The molecule has 70 valence electrons. The lowest BCUT2D eigenvalue weighted by Gasteiger charge is -2.30. The smallest absolute Gasteiger partial charge is 0.312 e. The van der Waals surface area contributed by atoms with Crippen LogP contribution in [0.5, 0.6) is 0 Å². The van der Waals surface area contributed by atoms with E-state index in [4.69, 9.17) is 10.8 Å². The molecule has 1 rings (SSSR count). The number of hydrogen-bond donors (Lipinski definition) is 4. The predicted octanol–water partition coefficient (Wildman–Crippen LogP) is -1.07. The van der Waals surface area contributed by atoms with E-state index in [2.05, 4.69) is 5.32 Å². The normalized spacial score (nSPS) is 36.0. The summed E-state index contributed by atoms with van der Waals surface area (Å²) in [5, 5.41) is 20.9. The number of amides is 2. The summed E-state index contributed by atoms with van der Waals surface area (Å²) >= 11 is 0. The van der Waals surface area contributed by atoms with Gasteiger partial charge in [-0.05, 0) is 12.8 Å². The van der Waals surface area contributed by atoms with E-state index >= 15 is 0 Å². The van der Waals surface area contributed by atoms with Crippen LogP contribution in [0.2, 0.25) is 0 Å². The number of hydrogen-bond acceptors (Lipinski definition) is 3. The minimum Gasteiger partial charge on any atom is -0.393 e. The van der Waals surface area contributed by atoms with Gasteiger partial charge in [-0.3, -0.25) is 0 Å². The molecule has 1 aliphatic rings. The molecular formula is C7H14N2O3. The number of carbonyl (C=O) groups excluding carboxylic acids is 1. The van der Waals surface area contributed by atoms with Gasteiger partial charge in [-0.2, -0.15) is 0 Å². The van der Waals surface area contributed by atoms with Crippen LogP contribution >= 0.6 is 0 Å². The van der Waals surface area contributed by atoms with Gasteiger partial charge in [0.25, 0.3) is 0 Å². The Morgan fingerprint density at radius 2 is 2.08 bits per heavy atom. The highest BCUT2D eigenvalue weighted by Crippen LogP contribution is 2.18. The molecule has 0 spiro atoms. The quantitative estimate of drug-likeness (QED) is 0.407. The Labute approximate surface area is 70.6 Å². The predicted molar refractivity (Wildman–Crippen MR) is 42.4 cm³/mol. The fourth-order valence-electron chi connectivity index (χ4n) is 1.48. The summed E-state index contributed by atoms with van der Waals surface area (Å²) < 4.78 is 0. The van der Waals surface area contributed by atoms with Gasteiger partial charge < -0.3 is 21.3 Å². The standard InChI is InChI=1S/C7H14N2O3/c8-7(12)9-5-2-1-4(10)3-6(5)11/h4-6,10-11H,1-3H2,(H3,8,9,12). The molecule has 1 saturated carbocycles. The van der Waals surface area contributed by atoms with Gasteiger partial charge in [-0.1, -0.05) is 0 Å². The maximum Gasteiger partial charge on any atom is 0.312 e. The van der Waals surface area contributed by atoms with Gasteiger partial charge in [-0.15, -0.1) is 0 Å². The van der Waals surface area contributed by atoms with Gasteiger partial charge in [0.2, 0.25) is 0 Å². The van der Waals surface area contributed by atoms with Crippen LogP contribution in [0, 0.1) is 0 Å². The number of carbonyl (C=O) groups is 1. The lowest BCUT2D eigenvalue weighted by molar-refractivity contribution is 0.0202. The van der Waals surface area contributed by atoms with E-state index in [1.54, 1.807) is 0 Å². The number of rotatable bonds is 1. The van der Waals surface area contributed by atoms with Crippen molar-refractivity contribution in [3.63, 3.8) is 0 Å². The second-order valence-electron chi connectivity index (χ2n) is 3.15. The third kappa shape index (κ3) is 2.35. The number of nitrogens with two attached hydrogens (primary N) is 1. The monoisotopic (exact) mass is 174 g/mol. The molecule has 1 fully saturated rings. The molecule has 5 N–H and O–H groups in total. The molecule has 2 amide bonds. The fourth-order valence-corrected chi connectivity index (χ4v) is 1.48. The lowest BCUT2D eigenvalue weighted by Crippen LogP contribution is -2.49. The van der Waals surface area contributed by atoms with E-state index in [-0.39, 0.29) is 6.04 Å². The van der Waals surface area contributed by atoms with Crippen molar-refractivity contribution >= 4 is 6.03 Å². The van der Waals surface area contributed by atoms with Crippen molar-refractivity contribution in [1.29, 1.82) is 0 Å². The highest BCUT2D eigenvalue weighted by atomic mass is 16.3. The zero-order valence-electron chi connectivity index (χ0n) is 6.73. The zero-order chi connectivity index (χ0) is 9.14. The van der Waals surface area contributed by atoms with Gasteiger partial charge >= 0.3 is 6.03 Å². The van der Waals surface area contributed by atoms with Crippen LogP contribution in [-0.2, 0) is 0 Å². The van der Waals surface area contributed by atoms with Crippen molar-refractivity contribution in [3.8, 4) is 0 Å². The first-order valence-electron chi connectivity index (χ1n) is 4.01. The van der Waals surface area contributed by atoms with Gasteiger partial charge in [-0.25, -0.2) is 4.79 Å². The molecule has 0 radical (unpaired) electrons. The minimum atomic E-state index is -0.679. The zero-order valence-corrected chi connectivity index (χ0v) is 6.73. The summed E-state index contributed by atoms with van der Waals surface area (Å²) in [6.45, 7) is 0. The summed E-state index contributed by atoms with van der Waals surface area (Å²) in [5.74, 6) is 0. The van der Waals surface area contributed by atoms with Gasteiger partial charge in [0.15, 0.2) is 0 Å². The average molecular weight is 174 g/mol. The highest BCUT2D eigenvalue weighted by Gasteiger charge is 2.28. The van der Waals surface area contributed by atoms with Gasteiger partial charge in [0, 0.05) is 6.42 Å². The van der Waals surface area contributed by atoms with Crippen LogP contribution in [0.4, 0.5) is 4.79 Å². The molecule has 0 bridgehead atoms. The highest BCUT2D eigenvalue weighted by molar-refractivity contribution is 5.72. The van der Waals surface area contributed by atoms with Crippen molar-refractivity contribution < 1.29 is 15.0 Å². The van der Waals surface area contributed by atoms with Crippen LogP contribution in [0.25, 0.3) is 0 Å². The first-order chi connectivity index (χ1) is 5.59. The van der Waals surface area contributed by atoms with Crippen molar-refractivity contribution in [1.82, 2.24) is 5.32 Å². The Morgan fingerprint density at radius 1 is 1.42 bits per heavy atom. The Kier molecular flexibility index (Phi) is 2.88. The number of aliphatic hydroxyl groups excluding tert-OH is 2. The molecule has 12 heavy (non-hydrogen) atoms. The van der Waals surface area contributed by atoms with Crippen molar-refractivity contribution in [2.45, 2.75) is 37.5 Å². The molecule has 0 aromatic rings. The van der Waals surface area contributed by atoms with E-state index in [9.17, 15) is 9.90 Å². The molecule has 5 heteroatoms. The maximum absolute atomic E-state index is 10.4. The molecule has 3 atom stereocenters. The first kappa shape index (κ1) is 9.28. The molecule has 0 aromatic carbocycles. The average Bonchev–Trinajstić information content (AvgIpc) is 1.94. The minimum absolute atomic E-state index is 0.300. The van der Waals surface area contributed by atoms with E-state index in [1.165, 1.54) is 0 Å². The molecule has 0 saturated heterocycles. The van der Waals surface area contributed by atoms with Crippen LogP contribution in [0.15, 0.2) is 0 Å². The van der Waals surface area contributed by atoms with Crippen LogP contribution < -0.4 is 11.1 Å². The van der Waals surface area contributed by atoms with Crippen molar-refractivity contribution in [2.75, 3.05) is 0 Å². The number of urea groups is 1. The fraction of sp³-hybridized carbons (Fsp3) is 0.857. The Hall–Kier alpha value is -0.810. The summed E-state index contributed by atoms with van der Waals surface area (Å²) in [7, 11) is 0. The van der Waals surface area contributed by atoms with Crippen molar-refractivity contribution in [3.05, 3.63) is 0 Å². The third-order valence-corrected chi connectivity index (χ3v) is 2.12. The second kappa shape index (κ2) is 3.73. The number of nitrogens with one attached hydrogen (secondary N) is 1. The molecule has 1 aliphatic carbocycles. The molecule has 3 unspecified atom stereocenters. The first-order valence-corrected chi connectivity index (χ1v) is 4.01.